The minimum absolute atomic E-state index is 0.0701. The molecular formula is C13H16N4O2S. The third-order valence-electron chi connectivity index (χ3n) is 2.66. The normalized spacial score (nSPS) is 10.9. The molecule has 0 atom stereocenters. The summed E-state index contributed by atoms with van der Waals surface area (Å²) in [5, 5.41) is 23.9. The highest BCUT2D eigenvalue weighted by molar-refractivity contribution is 7.14. The van der Waals surface area contributed by atoms with E-state index in [9.17, 15) is 10.1 Å². The van der Waals surface area contributed by atoms with Crippen molar-refractivity contribution in [1.82, 2.24) is 15.5 Å². The highest BCUT2D eigenvalue weighted by atomic mass is 32.1. The molecule has 1 aromatic carbocycles. The van der Waals surface area contributed by atoms with Gasteiger partial charge in [0.2, 0.25) is 0 Å². The van der Waals surface area contributed by atoms with Crippen molar-refractivity contribution in [3.8, 4) is 10.6 Å². The zero-order valence-corrected chi connectivity index (χ0v) is 12.2. The van der Waals surface area contributed by atoms with Crippen LogP contribution in [0.2, 0.25) is 0 Å². The molecular weight excluding hydrogens is 276 g/mol. The Kier molecular flexibility index (Phi) is 4.75. The van der Waals surface area contributed by atoms with E-state index in [1.807, 2.05) is 6.07 Å². The fourth-order valence-electron chi connectivity index (χ4n) is 1.69. The zero-order valence-electron chi connectivity index (χ0n) is 11.4. The number of nitrogens with zero attached hydrogens (tertiary/aromatic N) is 3. The number of nitro benzene ring substituents is 1. The molecule has 0 aliphatic rings. The highest BCUT2D eigenvalue weighted by Gasteiger charge is 2.11. The molecule has 2 aromatic rings. The van der Waals surface area contributed by atoms with E-state index in [0.717, 1.165) is 23.5 Å². The van der Waals surface area contributed by atoms with Crippen molar-refractivity contribution in [1.29, 1.82) is 0 Å². The second-order valence-electron chi connectivity index (χ2n) is 4.67. The van der Waals surface area contributed by atoms with Crippen LogP contribution in [0.25, 0.3) is 10.6 Å². The van der Waals surface area contributed by atoms with Crippen molar-refractivity contribution in [2.24, 2.45) is 0 Å². The second-order valence-corrected chi connectivity index (χ2v) is 5.73. The molecule has 20 heavy (non-hydrogen) atoms. The minimum atomic E-state index is -0.405. The van der Waals surface area contributed by atoms with Crippen molar-refractivity contribution >= 4 is 17.0 Å². The molecule has 0 fully saturated rings. The van der Waals surface area contributed by atoms with E-state index in [1.54, 1.807) is 6.07 Å². The van der Waals surface area contributed by atoms with Crippen molar-refractivity contribution in [2.45, 2.75) is 26.3 Å². The zero-order chi connectivity index (χ0) is 14.5. The average molecular weight is 292 g/mol. The quantitative estimate of drug-likeness (QED) is 0.654. The van der Waals surface area contributed by atoms with Gasteiger partial charge in [-0.2, -0.15) is 0 Å². The van der Waals surface area contributed by atoms with E-state index in [1.165, 1.54) is 23.5 Å². The third-order valence-corrected chi connectivity index (χ3v) is 3.69. The molecule has 1 aromatic heterocycles. The molecule has 0 spiro atoms. The van der Waals surface area contributed by atoms with Crippen LogP contribution in [0.4, 0.5) is 5.69 Å². The Hall–Kier alpha value is -1.86. The van der Waals surface area contributed by atoms with Gasteiger partial charge in [0.05, 0.1) is 4.92 Å². The minimum Gasteiger partial charge on any atom is -0.314 e. The highest BCUT2D eigenvalue weighted by Crippen LogP contribution is 2.26. The third kappa shape index (κ3) is 3.82. The molecule has 0 amide bonds. The van der Waals surface area contributed by atoms with Crippen molar-refractivity contribution in [3.63, 3.8) is 0 Å². The fraction of sp³-hybridized carbons (Fsp3) is 0.385. The van der Waals surface area contributed by atoms with Crippen LogP contribution in [-0.4, -0.2) is 27.7 Å². The molecule has 1 N–H and O–H groups in total. The summed E-state index contributed by atoms with van der Waals surface area (Å²) in [6.07, 6.45) is 0.810. The van der Waals surface area contributed by atoms with Gasteiger partial charge in [-0.3, -0.25) is 10.1 Å². The molecule has 0 aliphatic carbocycles. The summed E-state index contributed by atoms with van der Waals surface area (Å²) >= 11 is 1.47. The largest absolute Gasteiger partial charge is 0.314 e. The number of nitro groups is 1. The van der Waals surface area contributed by atoms with E-state index in [2.05, 4.69) is 29.4 Å². The summed E-state index contributed by atoms with van der Waals surface area (Å²) in [7, 11) is 0. The van der Waals surface area contributed by atoms with Crippen LogP contribution in [0, 0.1) is 10.1 Å². The first-order valence-corrected chi connectivity index (χ1v) is 7.18. The molecule has 0 radical (unpaired) electrons. The number of rotatable bonds is 6. The summed E-state index contributed by atoms with van der Waals surface area (Å²) in [6, 6.07) is 6.91. The van der Waals surface area contributed by atoms with E-state index in [0.29, 0.717) is 11.0 Å². The number of aromatic nitrogens is 2. The number of non-ortho nitro benzene ring substituents is 1. The van der Waals surface area contributed by atoms with Gasteiger partial charge in [0.1, 0.15) is 10.0 Å². The molecule has 0 bridgehead atoms. The average Bonchev–Trinajstić information content (AvgIpc) is 2.87. The maximum Gasteiger partial charge on any atom is 0.270 e. The standard InChI is InChI=1S/C13H16N4O2S/c1-9(2)14-7-6-12-15-16-13(20-12)10-4-3-5-11(8-10)17(18)19/h3-5,8-9,14H,6-7H2,1-2H3. The van der Waals surface area contributed by atoms with Crippen LogP contribution in [-0.2, 0) is 6.42 Å². The van der Waals surface area contributed by atoms with Crippen LogP contribution in [0.15, 0.2) is 24.3 Å². The van der Waals surface area contributed by atoms with Gasteiger partial charge in [-0.1, -0.05) is 37.3 Å². The van der Waals surface area contributed by atoms with Gasteiger partial charge in [0, 0.05) is 36.7 Å². The summed E-state index contributed by atoms with van der Waals surface area (Å²) in [6.45, 7) is 5.03. The van der Waals surface area contributed by atoms with Gasteiger partial charge in [-0.05, 0) is 0 Å². The maximum absolute atomic E-state index is 10.8. The Morgan fingerprint density at radius 2 is 2.20 bits per heavy atom. The van der Waals surface area contributed by atoms with E-state index in [-0.39, 0.29) is 5.69 Å². The van der Waals surface area contributed by atoms with Gasteiger partial charge in [-0.25, -0.2) is 0 Å². The molecule has 0 aliphatic heterocycles. The summed E-state index contributed by atoms with van der Waals surface area (Å²) in [5.74, 6) is 0. The molecule has 106 valence electrons. The van der Waals surface area contributed by atoms with Crippen LogP contribution in [0.5, 0.6) is 0 Å². The van der Waals surface area contributed by atoms with Gasteiger partial charge in [0.25, 0.3) is 5.69 Å². The monoisotopic (exact) mass is 292 g/mol. The second kappa shape index (κ2) is 6.53. The molecule has 1 heterocycles. The Morgan fingerprint density at radius 3 is 2.90 bits per heavy atom. The van der Waals surface area contributed by atoms with Crippen molar-refractivity contribution < 1.29 is 4.92 Å². The smallest absolute Gasteiger partial charge is 0.270 e. The van der Waals surface area contributed by atoms with E-state index < -0.39 is 4.92 Å². The van der Waals surface area contributed by atoms with E-state index >= 15 is 0 Å². The van der Waals surface area contributed by atoms with Crippen molar-refractivity contribution in [2.75, 3.05) is 6.54 Å². The molecule has 0 saturated heterocycles. The lowest BCUT2D eigenvalue weighted by Gasteiger charge is -2.05. The van der Waals surface area contributed by atoms with Gasteiger partial charge in [-0.15, -0.1) is 10.2 Å². The molecule has 7 heteroatoms. The predicted octanol–water partition coefficient (Wildman–Crippen LogP) is 2.65. The molecule has 6 nitrogen and oxygen atoms in total. The van der Waals surface area contributed by atoms with Crippen LogP contribution >= 0.6 is 11.3 Å². The molecule has 0 unspecified atom stereocenters. The lowest BCUT2D eigenvalue weighted by molar-refractivity contribution is -0.384. The number of benzene rings is 1. The van der Waals surface area contributed by atoms with Gasteiger partial charge >= 0.3 is 0 Å². The first-order valence-electron chi connectivity index (χ1n) is 6.37. The van der Waals surface area contributed by atoms with Crippen molar-refractivity contribution in [3.05, 3.63) is 39.4 Å². The van der Waals surface area contributed by atoms with Crippen LogP contribution in [0.1, 0.15) is 18.9 Å². The Labute approximate surface area is 121 Å². The van der Waals surface area contributed by atoms with E-state index in [4.69, 9.17) is 0 Å². The molecule has 0 saturated carbocycles. The summed E-state index contributed by atoms with van der Waals surface area (Å²) < 4.78 is 0. The summed E-state index contributed by atoms with van der Waals surface area (Å²) in [5.41, 5.74) is 0.806. The SMILES string of the molecule is CC(C)NCCc1nnc(-c2cccc([N+](=O)[O-])c2)s1. The first kappa shape index (κ1) is 14.5. The number of hydrogen-bond donors (Lipinski definition) is 1. The first-order chi connectivity index (χ1) is 9.56. The Bertz CT molecular complexity index is 598. The van der Waals surface area contributed by atoms with Gasteiger partial charge in [0.15, 0.2) is 0 Å². The summed E-state index contributed by atoms with van der Waals surface area (Å²) in [4.78, 5) is 10.4. The van der Waals surface area contributed by atoms with Crippen LogP contribution in [0.3, 0.4) is 0 Å². The lowest BCUT2D eigenvalue weighted by Crippen LogP contribution is -2.24. The van der Waals surface area contributed by atoms with Crippen LogP contribution < -0.4 is 5.32 Å². The predicted molar refractivity (Wildman–Crippen MR) is 78.8 cm³/mol. The fourth-order valence-corrected chi connectivity index (χ4v) is 2.53. The topological polar surface area (TPSA) is 81.0 Å². The molecule has 2 rings (SSSR count). The number of hydrogen-bond acceptors (Lipinski definition) is 6. The lowest BCUT2D eigenvalue weighted by atomic mass is 10.2. The Morgan fingerprint density at radius 1 is 1.40 bits per heavy atom. The Balaban J connectivity index is 2.08. The van der Waals surface area contributed by atoms with Gasteiger partial charge < -0.3 is 5.32 Å². The number of nitrogens with one attached hydrogen (secondary N) is 1. The maximum atomic E-state index is 10.8.